The first-order chi connectivity index (χ1) is 18.2. The molecule has 0 unspecified atom stereocenters. The van der Waals surface area contributed by atoms with Gasteiger partial charge in [-0.25, -0.2) is 4.79 Å². The average Bonchev–Trinajstić information content (AvgIpc) is 3.36. The summed E-state index contributed by atoms with van der Waals surface area (Å²) in [6.07, 6.45) is -0.00270. The zero-order valence-corrected chi connectivity index (χ0v) is 22.7. The van der Waals surface area contributed by atoms with Gasteiger partial charge in [-0.1, -0.05) is 32.9 Å². The van der Waals surface area contributed by atoms with Crippen LogP contribution in [0.4, 0.5) is 18.9 Å². The molecule has 1 aromatic rings. The largest absolute Gasteiger partial charge is 0.490 e. The van der Waals surface area contributed by atoms with Crippen LogP contribution in [0.2, 0.25) is 0 Å². The minimum absolute atomic E-state index is 0.277. The number of likely N-dealkylation sites (tertiary alicyclic amines) is 1. The van der Waals surface area contributed by atoms with E-state index in [1.165, 1.54) is 17.4 Å². The Hall–Kier alpha value is -3.15. The Morgan fingerprint density at radius 2 is 1.77 bits per heavy atom. The fourth-order valence-electron chi connectivity index (χ4n) is 4.91. The van der Waals surface area contributed by atoms with Crippen molar-refractivity contribution in [3.63, 3.8) is 0 Å². The van der Waals surface area contributed by atoms with Crippen molar-refractivity contribution >= 4 is 29.4 Å². The highest BCUT2D eigenvalue weighted by molar-refractivity contribution is 5.99. The van der Waals surface area contributed by atoms with E-state index in [9.17, 15) is 32.3 Å². The molecule has 3 rings (SSSR count). The molecule has 0 bridgehead atoms. The molecule has 1 aliphatic heterocycles. The summed E-state index contributed by atoms with van der Waals surface area (Å²) in [6.45, 7) is 6.18. The summed E-state index contributed by atoms with van der Waals surface area (Å²) in [4.78, 5) is 52.2. The van der Waals surface area contributed by atoms with Crippen molar-refractivity contribution in [2.45, 2.75) is 90.5 Å². The van der Waals surface area contributed by atoms with E-state index in [-0.39, 0.29) is 5.91 Å². The molecule has 1 heterocycles. The standard InChI is InChI=1S/C27H37F3N4O5/c1-16(31-15-39-25(38)27(28,29)30)22(35)33-21(26(2,3)4)24(37)34-14-8-13-20(34)23(36)32-19-12-7-10-17-9-5-6-11-18(17)19/h7,10,12,16,20-21,31H,5-6,8-9,11,13-15H2,1-4H3,(H,32,36)(H,33,35)/t16-,20-,21+/m0/s1. The second kappa shape index (κ2) is 12.4. The number of aryl methyl sites for hydroxylation is 1. The van der Waals surface area contributed by atoms with Crippen LogP contribution in [-0.4, -0.2) is 66.2 Å². The van der Waals surface area contributed by atoms with Crippen molar-refractivity contribution in [3.8, 4) is 0 Å². The molecule has 1 aromatic carbocycles. The summed E-state index contributed by atoms with van der Waals surface area (Å²) in [5.74, 6) is -3.73. The molecule has 9 nitrogen and oxygen atoms in total. The van der Waals surface area contributed by atoms with Crippen LogP contribution >= 0.6 is 0 Å². The minimum Gasteiger partial charge on any atom is -0.443 e. The molecule has 1 aliphatic carbocycles. The van der Waals surface area contributed by atoms with Crippen molar-refractivity contribution in [3.05, 3.63) is 29.3 Å². The molecule has 3 atom stereocenters. The van der Waals surface area contributed by atoms with Gasteiger partial charge in [0.25, 0.3) is 0 Å². The second-order valence-electron chi connectivity index (χ2n) is 11.1. The van der Waals surface area contributed by atoms with Crippen LogP contribution in [-0.2, 0) is 36.8 Å². The van der Waals surface area contributed by atoms with Gasteiger partial charge in [0.2, 0.25) is 17.7 Å². The molecular weight excluding hydrogens is 517 g/mol. The molecule has 0 aromatic heterocycles. The predicted octanol–water partition coefficient (Wildman–Crippen LogP) is 3.07. The van der Waals surface area contributed by atoms with Crippen molar-refractivity contribution in [1.29, 1.82) is 0 Å². The quantitative estimate of drug-likeness (QED) is 0.336. The smallest absolute Gasteiger partial charge is 0.443 e. The maximum atomic E-state index is 13.7. The number of amides is 3. The van der Waals surface area contributed by atoms with Crippen molar-refractivity contribution in [1.82, 2.24) is 15.5 Å². The number of fused-ring (bicyclic) bond motifs is 1. The predicted molar refractivity (Wildman–Crippen MR) is 137 cm³/mol. The number of hydrogen-bond acceptors (Lipinski definition) is 6. The summed E-state index contributed by atoms with van der Waals surface area (Å²) in [7, 11) is 0. The van der Waals surface area contributed by atoms with Gasteiger partial charge in [-0.15, -0.1) is 0 Å². The lowest BCUT2D eigenvalue weighted by Crippen LogP contribution is -2.59. The summed E-state index contributed by atoms with van der Waals surface area (Å²) < 4.78 is 41.0. The summed E-state index contributed by atoms with van der Waals surface area (Å²) in [6, 6.07) is 3.10. The summed E-state index contributed by atoms with van der Waals surface area (Å²) >= 11 is 0. The van der Waals surface area contributed by atoms with E-state index >= 15 is 0 Å². The number of hydrogen-bond donors (Lipinski definition) is 3. The fraction of sp³-hybridized carbons (Fsp3) is 0.630. The Labute approximate surface area is 226 Å². The van der Waals surface area contributed by atoms with E-state index in [1.54, 1.807) is 20.8 Å². The Balaban J connectivity index is 1.66. The normalized spacial score (nSPS) is 19.1. The number of anilines is 1. The van der Waals surface area contributed by atoms with E-state index in [2.05, 4.69) is 26.8 Å². The fourth-order valence-corrected chi connectivity index (χ4v) is 4.91. The number of rotatable bonds is 8. The number of carbonyl (C=O) groups is 4. The van der Waals surface area contributed by atoms with Crippen molar-refractivity contribution in [2.24, 2.45) is 5.41 Å². The maximum absolute atomic E-state index is 13.7. The molecule has 12 heteroatoms. The van der Waals surface area contributed by atoms with Gasteiger partial charge < -0.3 is 20.3 Å². The van der Waals surface area contributed by atoms with E-state index < -0.39 is 54.2 Å². The van der Waals surface area contributed by atoms with Crippen LogP contribution in [0.1, 0.15) is 64.5 Å². The number of carbonyl (C=O) groups excluding carboxylic acids is 4. The van der Waals surface area contributed by atoms with E-state index in [0.29, 0.717) is 19.4 Å². The second-order valence-corrected chi connectivity index (χ2v) is 11.1. The molecule has 1 saturated heterocycles. The first kappa shape index (κ1) is 30.4. The summed E-state index contributed by atoms with van der Waals surface area (Å²) in [5.41, 5.74) is 2.39. The molecule has 0 spiro atoms. The molecule has 2 aliphatic rings. The highest BCUT2D eigenvalue weighted by Crippen LogP contribution is 2.30. The lowest BCUT2D eigenvalue weighted by molar-refractivity contribution is -0.200. The number of esters is 1. The Bertz CT molecular complexity index is 1090. The molecule has 3 N–H and O–H groups in total. The zero-order valence-electron chi connectivity index (χ0n) is 22.7. The number of halogens is 3. The number of nitrogens with zero attached hydrogens (tertiary/aromatic N) is 1. The highest BCUT2D eigenvalue weighted by atomic mass is 19.4. The third kappa shape index (κ3) is 7.71. The van der Waals surface area contributed by atoms with Crippen LogP contribution in [0, 0.1) is 5.41 Å². The first-order valence-electron chi connectivity index (χ1n) is 13.2. The number of alkyl halides is 3. The highest BCUT2D eigenvalue weighted by Gasteiger charge is 2.43. The molecular formula is C27H37F3N4O5. The lowest BCUT2D eigenvalue weighted by Gasteiger charge is -2.36. The monoisotopic (exact) mass is 554 g/mol. The van der Waals surface area contributed by atoms with E-state index in [1.807, 2.05) is 12.1 Å². The van der Waals surface area contributed by atoms with E-state index in [4.69, 9.17) is 0 Å². The SMILES string of the molecule is C[C@H](NCOC(=O)C(F)(F)F)C(=O)N[C@H](C(=O)N1CCC[C@H]1C(=O)Nc1cccc2c1CCCC2)C(C)(C)C. The Kier molecular flexibility index (Phi) is 9.63. The van der Waals surface area contributed by atoms with Gasteiger partial charge in [0, 0.05) is 12.2 Å². The number of nitrogens with one attached hydrogen (secondary N) is 3. The van der Waals surface area contributed by atoms with Gasteiger partial charge in [-0.05, 0) is 68.1 Å². The molecule has 39 heavy (non-hydrogen) atoms. The van der Waals surface area contributed by atoms with Gasteiger partial charge in [-0.3, -0.25) is 19.7 Å². The average molecular weight is 555 g/mol. The van der Waals surface area contributed by atoms with Gasteiger partial charge in [0.1, 0.15) is 18.8 Å². The van der Waals surface area contributed by atoms with Crippen LogP contribution in [0.3, 0.4) is 0 Å². The topological polar surface area (TPSA) is 117 Å². The first-order valence-corrected chi connectivity index (χ1v) is 13.2. The van der Waals surface area contributed by atoms with Crippen LogP contribution in [0.15, 0.2) is 18.2 Å². The van der Waals surface area contributed by atoms with Crippen molar-refractivity contribution in [2.75, 3.05) is 18.6 Å². The van der Waals surface area contributed by atoms with E-state index in [0.717, 1.165) is 36.9 Å². The molecule has 0 saturated carbocycles. The molecule has 1 fully saturated rings. The van der Waals surface area contributed by atoms with Gasteiger partial charge in [0.15, 0.2) is 0 Å². The van der Waals surface area contributed by atoms with Gasteiger partial charge in [0.05, 0.1) is 6.04 Å². The zero-order chi connectivity index (χ0) is 29.0. The molecule has 216 valence electrons. The third-order valence-corrected chi connectivity index (χ3v) is 7.11. The Morgan fingerprint density at radius 3 is 2.44 bits per heavy atom. The van der Waals surface area contributed by atoms with Crippen LogP contribution in [0.25, 0.3) is 0 Å². The van der Waals surface area contributed by atoms with Crippen LogP contribution in [0.5, 0.6) is 0 Å². The van der Waals surface area contributed by atoms with Crippen LogP contribution < -0.4 is 16.0 Å². The third-order valence-electron chi connectivity index (χ3n) is 7.11. The maximum Gasteiger partial charge on any atom is 0.490 e. The van der Waals surface area contributed by atoms with Crippen molar-refractivity contribution < 1.29 is 37.1 Å². The minimum atomic E-state index is -5.14. The molecule has 0 radical (unpaired) electrons. The number of ether oxygens (including phenoxy) is 1. The molecule has 3 amide bonds. The Morgan fingerprint density at radius 1 is 1.08 bits per heavy atom. The number of benzene rings is 1. The summed E-state index contributed by atoms with van der Waals surface area (Å²) in [5, 5.41) is 8.08. The lowest BCUT2D eigenvalue weighted by atomic mass is 9.85. The van der Waals surface area contributed by atoms with Gasteiger partial charge >= 0.3 is 12.1 Å². The van der Waals surface area contributed by atoms with Gasteiger partial charge in [-0.2, -0.15) is 13.2 Å².